The second-order valence-electron chi connectivity index (χ2n) is 5.90. The maximum atomic E-state index is 12.6. The van der Waals surface area contributed by atoms with Crippen molar-refractivity contribution in [2.24, 2.45) is 0 Å². The van der Waals surface area contributed by atoms with Gasteiger partial charge in [-0.15, -0.1) is 11.8 Å². The summed E-state index contributed by atoms with van der Waals surface area (Å²) in [6.07, 6.45) is 6.81. The van der Waals surface area contributed by atoms with E-state index in [9.17, 15) is 4.79 Å². The van der Waals surface area contributed by atoms with Gasteiger partial charge in [0.2, 0.25) is 0 Å². The highest BCUT2D eigenvalue weighted by Crippen LogP contribution is 2.21. The normalized spacial score (nSPS) is 10.7. The Kier molecular flexibility index (Phi) is 5.07. The number of anilines is 1. The molecule has 27 heavy (non-hydrogen) atoms. The number of aromatic nitrogens is 3. The predicted molar refractivity (Wildman–Crippen MR) is 108 cm³/mol. The van der Waals surface area contributed by atoms with Gasteiger partial charge in [0.1, 0.15) is 5.03 Å². The van der Waals surface area contributed by atoms with Gasteiger partial charge >= 0.3 is 0 Å². The smallest absolute Gasteiger partial charge is 0.255 e. The molecule has 1 N–H and O–H groups in total. The lowest BCUT2D eigenvalue weighted by molar-refractivity contribution is 0.102. The molecule has 2 heterocycles. The summed E-state index contributed by atoms with van der Waals surface area (Å²) >= 11 is 1.59. The number of pyridine rings is 1. The summed E-state index contributed by atoms with van der Waals surface area (Å²) in [5.74, 6) is 0.589. The molecule has 0 aliphatic heterocycles. The van der Waals surface area contributed by atoms with E-state index in [1.54, 1.807) is 36.5 Å². The Morgan fingerprint density at radius 1 is 0.963 bits per heavy atom. The minimum atomic E-state index is -0.135. The highest BCUT2D eigenvalue weighted by Gasteiger charge is 2.08. The van der Waals surface area contributed by atoms with Crippen LogP contribution in [0.25, 0.3) is 10.9 Å². The third-order valence-corrected chi connectivity index (χ3v) is 4.96. The first-order valence-electron chi connectivity index (χ1n) is 8.42. The fraction of sp³-hybridized carbons (Fsp3) is 0.0476. The van der Waals surface area contributed by atoms with Crippen molar-refractivity contribution in [3.05, 3.63) is 90.5 Å². The molecular weight excluding hydrogens is 356 g/mol. The van der Waals surface area contributed by atoms with Crippen LogP contribution in [0.1, 0.15) is 15.9 Å². The fourth-order valence-corrected chi connectivity index (χ4v) is 3.44. The zero-order valence-corrected chi connectivity index (χ0v) is 15.2. The van der Waals surface area contributed by atoms with Crippen LogP contribution in [0.3, 0.4) is 0 Å². The lowest BCUT2D eigenvalue weighted by atomic mass is 10.1. The first-order chi connectivity index (χ1) is 13.3. The summed E-state index contributed by atoms with van der Waals surface area (Å²) in [7, 11) is 0. The van der Waals surface area contributed by atoms with Crippen molar-refractivity contribution in [1.29, 1.82) is 0 Å². The van der Waals surface area contributed by atoms with Gasteiger partial charge in [0, 0.05) is 41.0 Å². The molecule has 1 amide bonds. The van der Waals surface area contributed by atoms with Crippen LogP contribution in [-0.2, 0) is 5.75 Å². The monoisotopic (exact) mass is 372 g/mol. The van der Waals surface area contributed by atoms with Crippen LogP contribution in [-0.4, -0.2) is 20.9 Å². The Morgan fingerprint density at radius 3 is 2.81 bits per heavy atom. The minimum absolute atomic E-state index is 0.135. The van der Waals surface area contributed by atoms with Crippen LogP contribution in [0.15, 0.2) is 84.4 Å². The number of carbonyl (C=O) groups is 1. The Morgan fingerprint density at radius 2 is 1.93 bits per heavy atom. The second-order valence-corrected chi connectivity index (χ2v) is 6.89. The van der Waals surface area contributed by atoms with E-state index in [2.05, 4.69) is 20.3 Å². The zero-order valence-electron chi connectivity index (χ0n) is 14.4. The number of fused-ring (bicyclic) bond motifs is 1. The first-order valence-corrected chi connectivity index (χ1v) is 9.40. The van der Waals surface area contributed by atoms with Crippen LogP contribution in [0.4, 0.5) is 5.69 Å². The Balaban J connectivity index is 1.46. The molecule has 0 radical (unpaired) electrons. The molecule has 132 valence electrons. The molecule has 0 unspecified atom stereocenters. The van der Waals surface area contributed by atoms with E-state index in [4.69, 9.17) is 0 Å². The average Bonchev–Trinajstić information content (AvgIpc) is 2.73. The van der Waals surface area contributed by atoms with Crippen LogP contribution in [0.2, 0.25) is 0 Å². The molecule has 2 aromatic carbocycles. The number of benzene rings is 2. The molecule has 0 atom stereocenters. The quantitative estimate of drug-likeness (QED) is 0.520. The second kappa shape index (κ2) is 7.97. The summed E-state index contributed by atoms with van der Waals surface area (Å²) in [6.45, 7) is 0. The summed E-state index contributed by atoms with van der Waals surface area (Å²) < 4.78 is 0. The van der Waals surface area contributed by atoms with Gasteiger partial charge in [0.25, 0.3) is 5.91 Å². The molecule has 0 spiro atoms. The predicted octanol–water partition coefficient (Wildman–Crippen LogP) is 4.57. The molecule has 0 saturated carbocycles. The molecule has 6 heteroatoms. The number of carbonyl (C=O) groups excluding carboxylic acids is 1. The van der Waals surface area contributed by atoms with Crippen molar-refractivity contribution >= 4 is 34.3 Å². The lowest BCUT2D eigenvalue weighted by Crippen LogP contribution is -2.12. The number of nitrogens with zero attached hydrogens (tertiary/aromatic N) is 3. The van der Waals surface area contributed by atoms with E-state index < -0.39 is 0 Å². The van der Waals surface area contributed by atoms with Crippen LogP contribution >= 0.6 is 11.8 Å². The standard InChI is InChI=1S/C21H16N4OS/c26-21(25-18-6-7-19-16(12-18)5-2-8-23-19)17-4-1-3-15(11-17)14-27-20-13-22-9-10-24-20/h1-13H,14H2,(H,25,26). The molecule has 0 saturated heterocycles. The summed E-state index contributed by atoms with van der Waals surface area (Å²) in [4.78, 5) is 25.2. The third-order valence-electron chi connectivity index (χ3n) is 3.98. The van der Waals surface area contributed by atoms with Gasteiger partial charge in [0.05, 0.1) is 11.7 Å². The van der Waals surface area contributed by atoms with Gasteiger partial charge in [-0.05, 0) is 42.0 Å². The topological polar surface area (TPSA) is 67.8 Å². The fourth-order valence-electron chi connectivity index (χ4n) is 2.68. The molecule has 0 aliphatic carbocycles. The molecular formula is C21H16N4OS. The van der Waals surface area contributed by atoms with E-state index in [1.807, 2.05) is 54.6 Å². The maximum Gasteiger partial charge on any atom is 0.255 e. The highest BCUT2D eigenvalue weighted by atomic mass is 32.2. The summed E-state index contributed by atoms with van der Waals surface area (Å²) in [5.41, 5.74) is 3.33. The average molecular weight is 372 g/mol. The number of hydrogen-bond acceptors (Lipinski definition) is 5. The van der Waals surface area contributed by atoms with Gasteiger partial charge < -0.3 is 5.32 Å². The summed E-state index contributed by atoms with van der Waals surface area (Å²) in [6, 6.07) is 17.2. The largest absolute Gasteiger partial charge is 0.322 e. The van der Waals surface area contributed by atoms with Gasteiger partial charge in [0.15, 0.2) is 0 Å². The zero-order chi connectivity index (χ0) is 18.5. The molecule has 2 aromatic heterocycles. The van der Waals surface area contributed by atoms with E-state index in [-0.39, 0.29) is 5.91 Å². The molecule has 0 aliphatic rings. The molecule has 4 rings (SSSR count). The van der Waals surface area contributed by atoms with Crippen molar-refractivity contribution in [2.45, 2.75) is 10.8 Å². The van der Waals surface area contributed by atoms with Gasteiger partial charge in [-0.1, -0.05) is 18.2 Å². The first kappa shape index (κ1) is 17.2. The van der Waals surface area contributed by atoms with Crippen molar-refractivity contribution in [2.75, 3.05) is 5.32 Å². The van der Waals surface area contributed by atoms with Crippen molar-refractivity contribution in [3.63, 3.8) is 0 Å². The number of rotatable bonds is 5. The SMILES string of the molecule is O=C(Nc1ccc2ncccc2c1)c1cccc(CSc2cnccn2)c1. The maximum absolute atomic E-state index is 12.6. The van der Waals surface area contributed by atoms with Gasteiger partial charge in [-0.25, -0.2) is 4.98 Å². The van der Waals surface area contributed by atoms with E-state index in [0.29, 0.717) is 5.56 Å². The van der Waals surface area contributed by atoms with E-state index >= 15 is 0 Å². The highest BCUT2D eigenvalue weighted by molar-refractivity contribution is 7.98. The number of nitrogens with one attached hydrogen (secondary N) is 1. The molecule has 0 bridgehead atoms. The van der Waals surface area contributed by atoms with Crippen molar-refractivity contribution < 1.29 is 4.79 Å². The minimum Gasteiger partial charge on any atom is -0.322 e. The Bertz CT molecular complexity index is 1090. The Labute approximate surface area is 160 Å². The molecule has 4 aromatic rings. The number of thioether (sulfide) groups is 1. The number of hydrogen-bond donors (Lipinski definition) is 1. The molecule has 5 nitrogen and oxygen atoms in total. The van der Waals surface area contributed by atoms with Gasteiger partial charge in [-0.3, -0.25) is 14.8 Å². The van der Waals surface area contributed by atoms with E-state index in [1.165, 1.54) is 0 Å². The van der Waals surface area contributed by atoms with Crippen molar-refractivity contribution in [1.82, 2.24) is 15.0 Å². The van der Waals surface area contributed by atoms with Crippen molar-refractivity contribution in [3.8, 4) is 0 Å². The van der Waals surface area contributed by atoms with Gasteiger partial charge in [-0.2, -0.15) is 0 Å². The lowest BCUT2D eigenvalue weighted by Gasteiger charge is -2.08. The van der Waals surface area contributed by atoms with E-state index in [0.717, 1.165) is 32.9 Å². The van der Waals surface area contributed by atoms with Crippen LogP contribution in [0, 0.1) is 0 Å². The molecule has 0 fully saturated rings. The number of amides is 1. The third kappa shape index (κ3) is 4.30. The Hall–Kier alpha value is -3.25. The summed E-state index contributed by atoms with van der Waals surface area (Å²) in [5, 5.41) is 4.80. The van der Waals surface area contributed by atoms with Crippen LogP contribution in [0.5, 0.6) is 0 Å². The van der Waals surface area contributed by atoms with Crippen LogP contribution < -0.4 is 5.32 Å².